The van der Waals surface area contributed by atoms with Crippen molar-refractivity contribution in [3.8, 4) is 0 Å². The van der Waals surface area contributed by atoms with Crippen LogP contribution in [0.25, 0.3) is 16.7 Å². The van der Waals surface area contributed by atoms with Gasteiger partial charge >= 0.3 is 5.69 Å². The summed E-state index contributed by atoms with van der Waals surface area (Å²) in [4.78, 5) is 49.0. The Balaban J connectivity index is 1.27. The lowest BCUT2D eigenvalue weighted by Gasteiger charge is -2.31. The number of fused-ring (bicyclic) bond motifs is 2. The molecule has 2 fully saturated rings. The van der Waals surface area contributed by atoms with Gasteiger partial charge in [0.15, 0.2) is 0 Å². The second-order valence-electron chi connectivity index (χ2n) is 10.1. The first-order valence-electron chi connectivity index (χ1n) is 13.1. The van der Waals surface area contributed by atoms with Crippen LogP contribution in [0.1, 0.15) is 66.8 Å². The first-order chi connectivity index (χ1) is 18.4. The number of carbonyl (C=O) groups is 1. The quantitative estimate of drug-likeness (QED) is 0.427. The molecule has 0 unspecified atom stereocenters. The summed E-state index contributed by atoms with van der Waals surface area (Å²) in [5.41, 5.74) is 1.29. The second kappa shape index (κ2) is 10.0. The molecule has 0 aromatic carbocycles. The van der Waals surface area contributed by atoms with Crippen LogP contribution in [0.3, 0.4) is 0 Å². The van der Waals surface area contributed by atoms with Gasteiger partial charge in [-0.2, -0.15) is 11.8 Å². The second-order valence-corrected chi connectivity index (χ2v) is 11.4. The van der Waals surface area contributed by atoms with E-state index in [9.17, 15) is 18.8 Å². The summed E-state index contributed by atoms with van der Waals surface area (Å²) in [6, 6.07) is 6.32. The molecular weight excluding hydrogens is 507 g/mol. The van der Waals surface area contributed by atoms with Crippen molar-refractivity contribution in [3.05, 3.63) is 74.7 Å². The van der Waals surface area contributed by atoms with Crippen LogP contribution in [0.4, 0.5) is 4.39 Å². The molecule has 5 heterocycles. The number of aryl methyl sites for hydroxylation is 1. The van der Waals surface area contributed by atoms with Crippen LogP contribution in [0.15, 0.2) is 46.2 Å². The number of amides is 1. The lowest BCUT2D eigenvalue weighted by atomic mass is 9.90. The Labute approximate surface area is 222 Å². The van der Waals surface area contributed by atoms with E-state index in [2.05, 4.69) is 15.3 Å². The predicted octanol–water partition coefficient (Wildman–Crippen LogP) is 3.64. The van der Waals surface area contributed by atoms with Crippen molar-refractivity contribution in [2.24, 2.45) is 0 Å². The summed E-state index contributed by atoms with van der Waals surface area (Å²) < 4.78 is 18.9. The molecule has 1 aliphatic carbocycles. The Kier molecular flexibility index (Phi) is 6.55. The Hall–Kier alpha value is -3.47. The Morgan fingerprint density at radius 3 is 2.55 bits per heavy atom. The van der Waals surface area contributed by atoms with Gasteiger partial charge < -0.3 is 5.32 Å². The highest BCUT2D eigenvalue weighted by Gasteiger charge is 2.30. The third-order valence-corrected chi connectivity index (χ3v) is 8.84. The van der Waals surface area contributed by atoms with Gasteiger partial charge in [-0.3, -0.25) is 23.1 Å². The summed E-state index contributed by atoms with van der Waals surface area (Å²) in [5.74, 6) is 1.07. The summed E-state index contributed by atoms with van der Waals surface area (Å²) in [7, 11) is 0. The zero-order valence-electron chi connectivity index (χ0n) is 21.1. The number of pyridine rings is 2. The van der Waals surface area contributed by atoms with Crippen LogP contribution < -0.4 is 16.6 Å². The molecule has 198 valence electrons. The minimum atomic E-state index is -0.598. The van der Waals surface area contributed by atoms with Crippen LogP contribution >= 0.6 is 11.8 Å². The molecule has 4 aromatic rings. The molecule has 1 amide bonds. The Morgan fingerprint density at radius 2 is 1.79 bits per heavy atom. The van der Waals surface area contributed by atoms with Crippen molar-refractivity contribution in [2.45, 2.75) is 63.6 Å². The number of hydrogen-bond acceptors (Lipinski definition) is 6. The minimum Gasteiger partial charge on any atom is -0.348 e. The Bertz CT molecular complexity index is 1650. The maximum Gasteiger partial charge on any atom is 0.333 e. The fraction of sp³-hybridized carbons (Fsp3) is 0.444. The molecule has 1 aliphatic heterocycles. The van der Waals surface area contributed by atoms with Crippen molar-refractivity contribution < 1.29 is 9.18 Å². The fourth-order valence-corrected chi connectivity index (χ4v) is 7.00. The van der Waals surface area contributed by atoms with Crippen LogP contribution in [-0.4, -0.2) is 47.0 Å². The van der Waals surface area contributed by atoms with Crippen molar-refractivity contribution >= 4 is 34.3 Å². The molecule has 0 bridgehead atoms. The van der Waals surface area contributed by atoms with E-state index in [1.165, 1.54) is 10.6 Å². The number of hydrogen-bond donors (Lipinski definition) is 1. The van der Waals surface area contributed by atoms with Gasteiger partial charge in [0.1, 0.15) is 22.8 Å². The van der Waals surface area contributed by atoms with E-state index in [1.54, 1.807) is 8.97 Å². The number of rotatable bonds is 4. The van der Waals surface area contributed by atoms with Gasteiger partial charge in [-0.05, 0) is 75.2 Å². The van der Waals surface area contributed by atoms with E-state index in [1.807, 2.05) is 43.1 Å². The van der Waals surface area contributed by atoms with Crippen LogP contribution in [-0.2, 0) is 0 Å². The molecule has 1 saturated heterocycles. The molecule has 0 spiro atoms. The number of nitrogens with zero attached hydrogens (tertiary/aromatic N) is 5. The van der Waals surface area contributed by atoms with E-state index in [0.29, 0.717) is 42.7 Å². The first-order valence-corrected chi connectivity index (χ1v) is 14.2. The number of imidazole rings is 1. The molecule has 4 aromatic heterocycles. The topological polar surface area (TPSA) is 103 Å². The third-order valence-electron chi connectivity index (χ3n) is 7.80. The number of thioether (sulfide) groups is 1. The summed E-state index contributed by atoms with van der Waals surface area (Å²) in [6.07, 6.45) is 6.86. The van der Waals surface area contributed by atoms with Gasteiger partial charge in [-0.1, -0.05) is 6.07 Å². The minimum absolute atomic E-state index is 0.0691. The lowest BCUT2D eigenvalue weighted by molar-refractivity contribution is 0.0915. The van der Waals surface area contributed by atoms with Gasteiger partial charge in [0, 0.05) is 24.3 Å². The van der Waals surface area contributed by atoms with E-state index >= 15 is 0 Å². The number of carbonyl (C=O) groups excluding carboxylic acids is 1. The zero-order valence-corrected chi connectivity index (χ0v) is 21.9. The molecule has 11 heteroatoms. The lowest BCUT2D eigenvalue weighted by Crippen LogP contribution is -2.46. The first kappa shape index (κ1) is 24.8. The average molecular weight is 537 g/mol. The van der Waals surface area contributed by atoms with Crippen molar-refractivity contribution in [1.82, 2.24) is 28.8 Å². The monoisotopic (exact) mass is 536 g/mol. The number of nitrogens with one attached hydrogen (secondary N) is 1. The zero-order chi connectivity index (χ0) is 26.4. The molecule has 2 aliphatic rings. The number of halogens is 1. The van der Waals surface area contributed by atoms with Crippen LogP contribution in [0, 0.1) is 12.7 Å². The molecule has 38 heavy (non-hydrogen) atoms. The van der Waals surface area contributed by atoms with E-state index < -0.39 is 11.4 Å². The number of aromatic nitrogens is 5. The normalized spacial score (nSPS) is 20.7. The molecule has 0 atom stereocenters. The highest BCUT2D eigenvalue weighted by Crippen LogP contribution is 2.30. The van der Waals surface area contributed by atoms with E-state index in [-0.39, 0.29) is 40.8 Å². The summed E-state index contributed by atoms with van der Waals surface area (Å²) >= 11 is 1.84. The molecule has 9 nitrogen and oxygen atoms in total. The summed E-state index contributed by atoms with van der Waals surface area (Å²) in [6.45, 7) is 1.82. The highest BCUT2D eigenvalue weighted by atomic mass is 32.2. The molecule has 6 rings (SSSR count). The smallest absolute Gasteiger partial charge is 0.333 e. The highest BCUT2D eigenvalue weighted by molar-refractivity contribution is 7.99. The fourth-order valence-electron chi connectivity index (χ4n) is 5.92. The standard InChI is InChI=1S/C27H29FN6O3S/c1-16-23(32-11-3-2-4-22(32)30-16)25(35)31-18-5-7-19(8-6-18)34-26(36)21-14-17(28)15-29-24(21)33(27(34)37)20-9-12-38-13-10-20/h2-4,11,14-15,18-20H,5-10,12-13H2,1H3,(H,31,35). The van der Waals surface area contributed by atoms with Crippen molar-refractivity contribution in [2.75, 3.05) is 11.5 Å². The maximum atomic E-state index is 14.1. The maximum absolute atomic E-state index is 14.1. The van der Waals surface area contributed by atoms with Crippen LogP contribution in [0.5, 0.6) is 0 Å². The predicted molar refractivity (Wildman–Crippen MR) is 145 cm³/mol. The van der Waals surface area contributed by atoms with E-state index in [4.69, 9.17) is 0 Å². The third kappa shape index (κ3) is 4.32. The molecule has 1 N–H and O–H groups in total. The van der Waals surface area contributed by atoms with Gasteiger partial charge in [0.2, 0.25) is 0 Å². The molecular formula is C27H29FN6O3S. The molecule has 0 radical (unpaired) electrons. The van der Waals surface area contributed by atoms with Crippen molar-refractivity contribution in [3.63, 3.8) is 0 Å². The summed E-state index contributed by atoms with van der Waals surface area (Å²) in [5, 5.41) is 3.26. The van der Waals surface area contributed by atoms with Gasteiger partial charge in [-0.25, -0.2) is 19.2 Å². The van der Waals surface area contributed by atoms with Crippen LogP contribution in [0.2, 0.25) is 0 Å². The van der Waals surface area contributed by atoms with Crippen molar-refractivity contribution in [1.29, 1.82) is 0 Å². The van der Waals surface area contributed by atoms with E-state index in [0.717, 1.165) is 30.5 Å². The molecule has 1 saturated carbocycles. The average Bonchev–Trinajstić information content (AvgIpc) is 3.26. The Morgan fingerprint density at radius 1 is 1.05 bits per heavy atom. The largest absolute Gasteiger partial charge is 0.348 e. The van der Waals surface area contributed by atoms with Gasteiger partial charge in [0.05, 0.1) is 17.3 Å². The van der Waals surface area contributed by atoms with Gasteiger partial charge in [0.25, 0.3) is 11.5 Å². The SMILES string of the molecule is Cc1nc2ccccn2c1C(=O)NC1CCC(n2c(=O)c3cc(F)cnc3n(C3CCSCC3)c2=O)CC1. The van der Waals surface area contributed by atoms with Gasteiger partial charge in [-0.15, -0.1) is 0 Å².